The van der Waals surface area contributed by atoms with Crippen molar-refractivity contribution in [3.05, 3.63) is 52.2 Å². The van der Waals surface area contributed by atoms with Gasteiger partial charge in [-0.25, -0.2) is 8.42 Å². The molecule has 1 aliphatic heterocycles. The smallest absolute Gasteiger partial charge is 0.262 e. The molecule has 37 heavy (non-hydrogen) atoms. The average molecular weight is 559 g/mol. The fourth-order valence-electron chi connectivity index (χ4n) is 4.48. The summed E-state index contributed by atoms with van der Waals surface area (Å²) in [4.78, 5) is 26.8. The Morgan fingerprint density at radius 2 is 1.97 bits per heavy atom. The van der Waals surface area contributed by atoms with Crippen LogP contribution in [-0.4, -0.2) is 49.7 Å². The molecule has 0 spiro atoms. The zero-order valence-electron chi connectivity index (χ0n) is 20.8. The van der Waals surface area contributed by atoms with E-state index in [2.05, 4.69) is 10.6 Å². The number of nitrogens with zero attached hydrogens (tertiary/aromatic N) is 2. The summed E-state index contributed by atoms with van der Waals surface area (Å²) in [6, 6.07) is 12.2. The highest BCUT2D eigenvalue weighted by atomic mass is 32.2. The summed E-state index contributed by atoms with van der Waals surface area (Å²) in [5, 5.41) is 17.8. The fraction of sp³-hybridized carbons (Fsp3) is 0.423. The van der Waals surface area contributed by atoms with Crippen molar-refractivity contribution >= 4 is 54.6 Å². The lowest BCUT2D eigenvalue weighted by molar-refractivity contribution is -0.124. The van der Waals surface area contributed by atoms with Gasteiger partial charge in [0.05, 0.1) is 10.4 Å². The summed E-state index contributed by atoms with van der Waals surface area (Å²) in [7, 11) is -3.77. The van der Waals surface area contributed by atoms with E-state index in [0.29, 0.717) is 37.1 Å². The summed E-state index contributed by atoms with van der Waals surface area (Å²) >= 11 is 2.44. The Balaban J connectivity index is 1.40. The Morgan fingerprint density at radius 1 is 1.19 bits per heavy atom. The molecule has 1 aromatic carbocycles. The first-order valence-corrected chi connectivity index (χ1v) is 15.4. The summed E-state index contributed by atoms with van der Waals surface area (Å²) in [5.41, 5.74) is 0.157. The largest absolute Gasteiger partial charge is 0.352 e. The summed E-state index contributed by atoms with van der Waals surface area (Å²) in [6.07, 6.45) is 2.16. The van der Waals surface area contributed by atoms with Crippen molar-refractivity contribution in [1.82, 2.24) is 14.9 Å². The Bertz CT molecular complexity index is 1390. The number of thiophene rings is 2. The predicted molar refractivity (Wildman–Crippen MR) is 146 cm³/mol. The highest BCUT2D eigenvalue weighted by molar-refractivity contribution is 7.91. The fourth-order valence-corrected chi connectivity index (χ4v) is 8.32. The average Bonchev–Trinajstić information content (AvgIpc) is 3.46. The second-order valence-corrected chi connectivity index (χ2v) is 13.7. The Labute approximate surface area is 225 Å². The number of rotatable bonds is 8. The molecule has 0 radical (unpaired) electrons. The van der Waals surface area contributed by atoms with Crippen molar-refractivity contribution in [3.8, 4) is 6.07 Å². The Hall–Kier alpha value is -2.78. The molecule has 2 amide bonds. The minimum absolute atomic E-state index is 0.0680. The molecule has 2 N–H and O–H groups in total. The van der Waals surface area contributed by atoms with Gasteiger partial charge in [0.1, 0.15) is 12.1 Å². The van der Waals surface area contributed by atoms with Gasteiger partial charge in [-0.1, -0.05) is 32.0 Å². The van der Waals surface area contributed by atoms with Gasteiger partial charge in [-0.2, -0.15) is 9.57 Å². The molecule has 196 valence electrons. The molecule has 2 atom stereocenters. The number of benzene rings is 1. The van der Waals surface area contributed by atoms with Crippen LogP contribution in [-0.2, 0) is 14.8 Å². The van der Waals surface area contributed by atoms with Gasteiger partial charge in [-0.15, -0.1) is 22.7 Å². The van der Waals surface area contributed by atoms with Crippen LogP contribution in [0, 0.1) is 17.2 Å². The van der Waals surface area contributed by atoms with Gasteiger partial charge >= 0.3 is 0 Å². The molecule has 1 fully saturated rings. The van der Waals surface area contributed by atoms with Crippen LogP contribution in [0.25, 0.3) is 10.1 Å². The lowest BCUT2D eigenvalue weighted by Gasteiger charge is -2.24. The van der Waals surface area contributed by atoms with E-state index in [1.54, 1.807) is 5.38 Å². The maximum atomic E-state index is 13.3. The molecule has 8 nitrogen and oxygen atoms in total. The molecule has 0 saturated carbocycles. The van der Waals surface area contributed by atoms with Crippen molar-refractivity contribution in [2.75, 3.05) is 13.1 Å². The van der Waals surface area contributed by atoms with Crippen molar-refractivity contribution < 1.29 is 18.0 Å². The molecule has 4 rings (SSSR count). The van der Waals surface area contributed by atoms with Gasteiger partial charge in [0, 0.05) is 23.8 Å². The van der Waals surface area contributed by atoms with E-state index < -0.39 is 16.1 Å². The van der Waals surface area contributed by atoms with E-state index in [9.17, 15) is 23.3 Å². The molecule has 1 aliphatic rings. The van der Waals surface area contributed by atoms with E-state index in [1.807, 2.05) is 50.2 Å². The Morgan fingerprint density at radius 3 is 2.70 bits per heavy atom. The number of nitrogens with one attached hydrogen (secondary N) is 2. The Kier molecular flexibility index (Phi) is 8.64. The number of amides is 2. The van der Waals surface area contributed by atoms with Crippen LogP contribution in [0.1, 0.15) is 54.8 Å². The first-order chi connectivity index (χ1) is 17.7. The standard InChI is InChI=1S/C26H30N4O4S3/c1-17(2)14-21(29-25(32)23-15-18-6-3-4-8-22(18)36-23)24(31)28-20-7-5-11-30(12-9-20)37(33,34)26-19(16-27)10-13-35-26/h3-4,6,8,10,13,15,17,20-21H,5,7,9,11-12,14H2,1-2H3,(H,28,31)(H,29,32)/t20-,21+/m1/s1. The summed E-state index contributed by atoms with van der Waals surface area (Å²) in [6.45, 7) is 4.58. The second-order valence-electron chi connectivity index (χ2n) is 9.58. The highest BCUT2D eigenvalue weighted by Gasteiger charge is 2.32. The van der Waals surface area contributed by atoms with E-state index in [4.69, 9.17) is 0 Å². The van der Waals surface area contributed by atoms with Crippen molar-refractivity contribution in [3.63, 3.8) is 0 Å². The lowest BCUT2D eigenvalue weighted by atomic mass is 10.0. The molecule has 2 aromatic heterocycles. The zero-order chi connectivity index (χ0) is 26.6. The third-order valence-corrected chi connectivity index (χ3v) is 10.8. The van der Waals surface area contributed by atoms with Crippen molar-refractivity contribution in [1.29, 1.82) is 5.26 Å². The normalized spacial score (nSPS) is 17.7. The maximum Gasteiger partial charge on any atom is 0.262 e. The number of nitriles is 1. The van der Waals surface area contributed by atoms with Crippen LogP contribution in [0.15, 0.2) is 46.0 Å². The van der Waals surface area contributed by atoms with Crippen molar-refractivity contribution in [2.24, 2.45) is 5.92 Å². The quantitative estimate of drug-likeness (QED) is 0.426. The van der Waals surface area contributed by atoms with Gasteiger partial charge in [-0.05, 0) is 60.6 Å². The number of hydrogen-bond acceptors (Lipinski definition) is 7. The molecule has 0 bridgehead atoms. The first-order valence-electron chi connectivity index (χ1n) is 12.3. The molecule has 11 heteroatoms. The highest BCUT2D eigenvalue weighted by Crippen LogP contribution is 2.28. The zero-order valence-corrected chi connectivity index (χ0v) is 23.2. The van der Waals surface area contributed by atoms with E-state index in [1.165, 1.54) is 21.7 Å². The van der Waals surface area contributed by atoms with Crippen LogP contribution in [0.4, 0.5) is 0 Å². The number of hydrogen-bond donors (Lipinski definition) is 2. The topological polar surface area (TPSA) is 119 Å². The summed E-state index contributed by atoms with van der Waals surface area (Å²) < 4.78 is 28.7. The van der Waals surface area contributed by atoms with Gasteiger partial charge in [0.2, 0.25) is 5.91 Å². The van der Waals surface area contributed by atoms with Crippen LogP contribution in [0.5, 0.6) is 0 Å². The lowest BCUT2D eigenvalue weighted by Crippen LogP contribution is -2.50. The van der Waals surface area contributed by atoms with Gasteiger partial charge < -0.3 is 10.6 Å². The third kappa shape index (κ3) is 6.38. The van der Waals surface area contributed by atoms with Crippen molar-refractivity contribution in [2.45, 2.75) is 55.8 Å². The molecule has 1 saturated heterocycles. The minimum atomic E-state index is -3.77. The number of sulfonamides is 1. The monoisotopic (exact) mass is 558 g/mol. The first kappa shape index (κ1) is 27.3. The summed E-state index contributed by atoms with van der Waals surface area (Å²) in [5.74, 6) is -0.341. The molecule has 3 aromatic rings. The minimum Gasteiger partial charge on any atom is -0.352 e. The number of fused-ring (bicyclic) bond motifs is 1. The second kappa shape index (κ2) is 11.7. The number of carbonyl (C=O) groups excluding carboxylic acids is 2. The van der Waals surface area contributed by atoms with E-state index in [-0.39, 0.29) is 40.1 Å². The molecule has 0 aliphatic carbocycles. The third-order valence-electron chi connectivity index (χ3n) is 6.34. The maximum absolute atomic E-state index is 13.3. The molecule has 0 unspecified atom stereocenters. The van der Waals surface area contributed by atoms with E-state index >= 15 is 0 Å². The molecular formula is C26H30N4O4S3. The van der Waals surface area contributed by atoms with Crippen LogP contribution in [0.2, 0.25) is 0 Å². The van der Waals surface area contributed by atoms with Crippen LogP contribution < -0.4 is 10.6 Å². The predicted octanol–water partition coefficient (Wildman–Crippen LogP) is 4.34. The molecule has 3 heterocycles. The van der Waals surface area contributed by atoms with Gasteiger partial charge in [0.25, 0.3) is 15.9 Å². The van der Waals surface area contributed by atoms with Gasteiger partial charge in [0.15, 0.2) is 4.21 Å². The SMILES string of the molecule is CC(C)C[C@H](NC(=O)c1cc2ccccc2s1)C(=O)N[C@@H]1CCCN(S(=O)(=O)c2sccc2C#N)CC1. The number of carbonyl (C=O) groups is 2. The molecular weight excluding hydrogens is 529 g/mol. The van der Waals surface area contributed by atoms with E-state index in [0.717, 1.165) is 21.4 Å². The van der Waals surface area contributed by atoms with Crippen LogP contribution >= 0.6 is 22.7 Å². The van der Waals surface area contributed by atoms with Gasteiger partial charge in [-0.3, -0.25) is 9.59 Å². The van der Waals surface area contributed by atoms with Crippen LogP contribution in [0.3, 0.4) is 0 Å².